The van der Waals surface area contributed by atoms with Gasteiger partial charge in [-0.15, -0.1) is 10.2 Å². The molecule has 0 radical (unpaired) electrons. The molecule has 0 saturated carbocycles. The second-order valence-corrected chi connectivity index (χ2v) is 5.91. The fourth-order valence-electron chi connectivity index (χ4n) is 2.68. The van der Waals surface area contributed by atoms with E-state index in [1.165, 1.54) is 11.1 Å². The number of hydrogen-bond donors (Lipinski definition) is 2. The van der Waals surface area contributed by atoms with Gasteiger partial charge in [0.15, 0.2) is 17.4 Å². The standard InChI is InChI=1S/C19H24N6/c1-3-20-19(21-11-10-16-8-6-7-15(2)13-16)22-14-18-24-23-17-9-4-5-12-25(17)18/h4-9,12-13H,3,10-11,14H2,1-2H3,(H2,20,21,22). The maximum absolute atomic E-state index is 4.63. The van der Waals surface area contributed by atoms with Crippen LogP contribution in [0.25, 0.3) is 5.65 Å². The molecule has 3 rings (SSSR count). The van der Waals surface area contributed by atoms with Crippen LogP contribution in [0.15, 0.2) is 53.7 Å². The molecule has 0 aliphatic rings. The van der Waals surface area contributed by atoms with Gasteiger partial charge in [0.25, 0.3) is 0 Å². The second-order valence-electron chi connectivity index (χ2n) is 5.91. The van der Waals surface area contributed by atoms with Crippen LogP contribution in [-0.4, -0.2) is 33.6 Å². The number of hydrogen-bond acceptors (Lipinski definition) is 3. The van der Waals surface area contributed by atoms with E-state index in [9.17, 15) is 0 Å². The number of nitrogens with zero attached hydrogens (tertiary/aromatic N) is 4. The third kappa shape index (κ3) is 4.56. The van der Waals surface area contributed by atoms with Crippen molar-refractivity contribution in [1.29, 1.82) is 0 Å². The van der Waals surface area contributed by atoms with Crippen LogP contribution < -0.4 is 10.6 Å². The Hall–Kier alpha value is -2.89. The van der Waals surface area contributed by atoms with Crippen LogP contribution in [0.3, 0.4) is 0 Å². The zero-order chi connectivity index (χ0) is 17.5. The van der Waals surface area contributed by atoms with Crippen molar-refractivity contribution in [2.24, 2.45) is 4.99 Å². The summed E-state index contributed by atoms with van der Waals surface area (Å²) in [5.41, 5.74) is 3.45. The van der Waals surface area contributed by atoms with Crippen LogP contribution in [0, 0.1) is 6.92 Å². The van der Waals surface area contributed by atoms with E-state index in [1.54, 1.807) is 0 Å². The fraction of sp³-hybridized carbons (Fsp3) is 0.316. The molecule has 6 heteroatoms. The Morgan fingerprint density at radius 3 is 2.88 bits per heavy atom. The number of benzene rings is 1. The number of aryl methyl sites for hydroxylation is 1. The van der Waals surface area contributed by atoms with Crippen molar-refractivity contribution in [3.05, 3.63) is 65.6 Å². The lowest BCUT2D eigenvalue weighted by Gasteiger charge is -2.11. The van der Waals surface area contributed by atoms with E-state index in [-0.39, 0.29) is 0 Å². The van der Waals surface area contributed by atoms with E-state index in [2.05, 4.69) is 63.9 Å². The molecule has 0 fully saturated rings. The lowest BCUT2D eigenvalue weighted by molar-refractivity contribution is 0.787. The number of nitrogens with one attached hydrogen (secondary N) is 2. The highest BCUT2D eigenvalue weighted by Gasteiger charge is 2.04. The highest BCUT2D eigenvalue weighted by atomic mass is 15.3. The Kier molecular flexibility index (Phi) is 5.61. The van der Waals surface area contributed by atoms with E-state index in [4.69, 9.17) is 0 Å². The second kappa shape index (κ2) is 8.28. The number of rotatable bonds is 6. The first kappa shape index (κ1) is 17.0. The van der Waals surface area contributed by atoms with Gasteiger partial charge in [0.1, 0.15) is 6.54 Å². The van der Waals surface area contributed by atoms with Crippen LogP contribution >= 0.6 is 0 Å². The van der Waals surface area contributed by atoms with Crippen molar-refractivity contribution in [3.63, 3.8) is 0 Å². The Morgan fingerprint density at radius 2 is 2.04 bits per heavy atom. The zero-order valence-corrected chi connectivity index (χ0v) is 14.7. The first-order chi connectivity index (χ1) is 12.3. The Morgan fingerprint density at radius 1 is 1.12 bits per heavy atom. The third-order valence-electron chi connectivity index (χ3n) is 3.90. The molecule has 25 heavy (non-hydrogen) atoms. The Bertz CT molecular complexity index is 852. The molecule has 0 aliphatic carbocycles. The predicted octanol–water partition coefficient (Wildman–Crippen LogP) is 2.34. The van der Waals surface area contributed by atoms with Gasteiger partial charge in [-0.05, 0) is 38.0 Å². The van der Waals surface area contributed by atoms with Crippen molar-refractivity contribution in [2.75, 3.05) is 13.1 Å². The summed E-state index contributed by atoms with van der Waals surface area (Å²) in [5.74, 6) is 1.62. The van der Waals surface area contributed by atoms with Crippen LogP contribution in [-0.2, 0) is 13.0 Å². The quantitative estimate of drug-likeness (QED) is 0.536. The monoisotopic (exact) mass is 336 g/mol. The van der Waals surface area contributed by atoms with Gasteiger partial charge < -0.3 is 10.6 Å². The maximum atomic E-state index is 4.63. The molecule has 0 spiro atoms. The van der Waals surface area contributed by atoms with Crippen LogP contribution in [0.5, 0.6) is 0 Å². The summed E-state index contributed by atoms with van der Waals surface area (Å²) in [4.78, 5) is 4.63. The molecule has 3 aromatic rings. The molecule has 130 valence electrons. The zero-order valence-electron chi connectivity index (χ0n) is 14.7. The van der Waals surface area contributed by atoms with E-state index >= 15 is 0 Å². The molecule has 2 N–H and O–H groups in total. The minimum atomic E-state index is 0.477. The fourth-order valence-corrected chi connectivity index (χ4v) is 2.68. The largest absolute Gasteiger partial charge is 0.357 e. The molecule has 0 aliphatic heterocycles. The van der Waals surface area contributed by atoms with Gasteiger partial charge in [-0.3, -0.25) is 4.40 Å². The molecular formula is C19H24N6. The lowest BCUT2D eigenvalue weighted by Crippen LogP contribution is -2.38. The van der Waals surface area contributed by atoms with Crippen LogP contribution in [0.2, 0.25) is 0 Å². The molecule has 2 aromatic heterocycles. The number of aromatic nitrogens is 3. The highest BCUT2D eigenvalue weighted by Crippen LogP contribution is 2.05. The van der Waals surface area contributed by atoms with Gasteiger partial charge in [-0.25, -0.2) is 4.99 Å². The topological polar surface area (TPSA) is 66.6 Å². The lowest BCUT2D eigenvalue weighted by atomic mass is 10.1. The van der Waals surface area contributed by atoms with Crippen molar-refractivity contribution in [3.8, 4) is 0 Å². The summed E-state index contributed by atoms with van der Waals surface area (Å²) >= 11 is 0. The summed E-state index contributed by atoms with van der Waals surface area (Å²) in [6.07, 6.45) is 2.91. The molecule has 6 nitrogen and oxygen atoms in total. The van der Waals surface area contributed by atoms with Gasteiger partial charge in [0, 0.05) is 19.3 Å². The average Bonchev–Trinajstić information content (AvgIpc) is 3.03. The molecule has 0 unspecified atom stereocenters. The van der Waals surface area contributed by atoms with Crippen molar-refractivity contribution in [1.82, 2.24) is 25.2 Å². The molecule has 1 aromatic carbocycles. The number of aliphatic imine (C=N–C) groups is 1. The van der Waals surface area contributed by atoms with Crippen molar-refractivity contribution in [2.45, 2.75) is 26.8 Å². The SMILES string of the molecule is CCNC(=NCc1nnc2ccccn12)NCCc1cccc(C)c1. The van der Waals surface area contributed by atoms with Crippen LogP contribution in [0.4, 0.5) is 0 Å². The average molecular weight is 336 g/mol. The normalized spacial score (nSPS) is 11.7. The van der Waals surface area contributed by atoms with Gasteiger partial charge in [-0.2, -0.15) is 0 Å². The summed E-state index contributed by atoms with van der Waals surface area (Å²) in [6, 6.07) is 14.4. The number of guanidine groups is 1. The van der Waals surface area contributed by atoms with E-state index in [0.29, 0.717) is 6.54 Å². The minimum Gasteiger partial charge on any atom is -0.357 e. The number of pyridine rings is 1. The minimum absolute atomic E-state index is 0.477. The van der Waals surface area contributed by atoms with Crippen molar-refractivity contribution >= 4 is 11.6 Å². The van der Waals surface area contributed by atoms with E-state index in [0.717, 1.165) is 36.9 Å². The molecule has 0 bridgehead atoms. The highest BCUT2D eigenvalue weighted by molar-refractivity contribution is 5.79. The summed E-state index contributed by atoms with van der Waals surface area (Å²) in [5, 5.41) is 15.0. The Labute approximate surface area is 148 Å². The maximum Gasteiger partial charge on any atom is 0.191 e. The summed E-state index contributed by atoms with van der Waals surface area (Å²) in [6.45, 7) is 6.30. The molecule has 0 atom stereocenters. The molecule has 0 amide bonds. The summed E-state index contributed by atoms with van der Waals surface area (Å²) < 4.78 is 1.96. The van der Waals surface area contributed by atoms with Gasteiger partial charge in [-0.1, -0.05) is 35.9 Å². The van der Waals surface area contributed by atoms with Crippen LogP contribution in [0.1, 0.15) is 23.9 Å². The molecule has 2 heterocycles. The first-order valence-electron chi connectivity index (χ1n) is 8.62. The predicted molar refractivity (Wildman–Crippen MR) is 101 cm³/mol. The van der Waals surface area contributed by atoms with Gasteiger partial charge >= 0.3 is 0 Å². The first-order valence-corrected chi connectivity index (χ1v) is 8.62. The van der Waals surface area contributed by atoms with E-state index < -0.39 is 0 Å². The Balaban J connectivity index is 1.61. The van der Waals surface area contributed by atoms with E-state index in [1.807, 2.05) is 28.8 Å². The van der Waals surface area contributed by atoms with Gasteiger partial charge in [0.05, 0.1) is 0 Å². The van der Waals surface area contributed by atoms with Crippen molar-refractivity contribution < 1.29 is 0 Å². The summed E-state index contributed by atoms with van der Waals surface area (Å²) in [7, 11) is 0. The molecular weight excluding hydrogens is 312 g/mol. The smallest absolute Gasteiger partial charge is 0.191 e. The number of fused-ring (bicyclic) bond motifs is 1. The third-order valence-corrected chi connectivity index (χ3v) is 3.90. The molecule has 0 saturated heterocycles. The van der Waals surface area contributed by atoms with Gasteiger partial charge in [0.2, 0.25) is 0 Å².